The molecule has 7 heteroatoms. The lowest BCUT2D eigenvalue weighted by atomic mass is 10.1. The number of fused-ring (bicyclic) bond motifs is 1. The van der Waals surface area contributed by atoms with Crippen molar-refractivity contribution in [2.45, 2.75) is 37.8 Å². The number of nitrogens with zero attached hydrogens (tertiary/aromatic N) is 2. The van der Waals surface area contributed by atoms with E-state index >= 15 is 0 Å². The van der Waals surface area contributed by atoms with Gasteiger partial charge in [-0.25, -0.2) is 13.4 Å². The number of sulfonamides is 1. The van der Waals surface area contributed by atoms with Gasteiger partial charge in [-0.3, -0.25) is 0 Å². The van der Waals surface area contributed by atoms with Crippen molar-refractivity contribution in [1.29, 1.82) is 0 Å². The first-order valence-electron chi connectivity index (χ1n) is 7.65. The van der Waals surface area contributed by atoms with Gasteiger partial charge in [-0.05, 0) is 38.5 Å². The zero-order valence-electron chi connectivity index (χ0n) is 13.4. The summed E-state index contributed by atoms with van der Waals surface area (Å²) in [6, 6.07) is 4.91. The Morgan fingerprint density at radius 3 is 2.83 bits per heavy atom. The molecule has 0 saturated carbocycles. The minimum atomic E-state index is -3.66. The van der Waals surface area contributed by atoms with E-state index < -0.39 is 10.0 Å². The number of aromatic nitrogens is 1. The quantitative estimate of drug-likeness (QED) is 0.871. The molecule has 1 aromatic heterocycles. The van der Waals surface area contributed by atoms with Crippen molar-refractivity contribution >= 4 is 20.8 Å². The molecular formula is C16H21N3O3S. The summed E-state index contributed by atoms with van der Waals surface area (Å²) >= 11 is 0. The second kappa shape index (κ2) is 5.74. The van der Waals surface area contributed by atoms with Crippen LogP contribution in [-0.4, -0.2) is 48.0 Å². The van der Waals surface area contributed by atoms with Gasteiger partial charge in [-0.2, -0.15) is 4.31 Å². The van der Waals surface area contributed by atoms with Gasteiger partial charge < -0.3 is 10.4 Å². The summed E-state index contributed by atoms with van der Waals surface area (Å²) in [5.74, 6) is -0.149. The fourth-order valence-electron chi connectivity index (χ4n) is 3.08. The minimum Gasteiger partial charge on any atom is -0.493 e. The first-order valence-corrected chi connectivity index (χ1v) is 9.09. The molecule has 0 aliphatic carbocycles. The highest BCUT2D eigenvalue weighted by Crippen LogP contribution is 2.33. The third-order valence-electron chi connectivity index (χ3n) is 4.34. The first-order chi connectivity index (χ1) is 10.8. The highest BCUT2D eigenvalue weighted by Gasteiger charge is 2.34. The summed E-state index contributed by atoms with van der Waals surface area (Å²) in [7, 11) is -3.66. The van der Waals surface area contributed by atoms with Crippen LogP contribution in [0.1, 0.15) is 19.4 Å². The lowest BCUT2D eigenvalue weighted by molar-refractivity contribution is 0.245. The van der Waals surface area contributed by atoms with Crippen molar-refractivity contribution in [1.82, 2.24) is 14.6 Å². The SMILES string of the molecule is Cc1cnc(O)c2cccc(S(=O)(=O)N3CC(C)NCC3C)c12. The van der Waals surface area contributed by atoms with Crippen LogP contribution < -0.4 is 5.32 Å². The molecule has 0 amide bonds. The van der Waals surface area contributed by atoms with Gasteiger partial charge in [-0.15, -0.1) is 0 Å². The Balaban J connectivity index is 2.21. The van der Waals surface area contributed by atoms with Crippen molar-refractivity contribution in [2.24, 2.45) is 0 Å². The fraction of sp³-hybridized carbons (Fsp3) is 0.438. The van der Waals surface area contributed by atoms with Gasteiger partial charge in [0.2, 0.25) is 15.9 Å². The maximum Gasteiger partial charge on any atom is 0.244 e. The molecule has 0 radical (unpaired) electrons. The lowest BCUT2D eigenvalue weighted by Crippen LogP contribution is -2.56. The number of nitrogens with one attached hydrogen (secondary N) is 1. The zero-order chi connectivity index (χ0) is 16.8. The van der Waals surface area contributed by atoms with E-state index in [1.807, 2.05) is 13.8 Å². The Kier molecular flexibility index (Phi) is 4.03. The van der Waals surface area contributed by atoms with E-state index in [0.29, 0.717) is 23.9 Å². The van der Waals surface area contributed by atoms with E-state index in [1.54, 1.807) is 29.4 Å². The molecule has 2 aromatic rings. The standard InChI is InChI=1S/C16H21N3O3S/c1-10-7-18-16(20)13-5-4-6-14(15(10)13)23(21,22)19-9-11(2)17-8-12(19)3/h4-7,11-12,17H,8-9H2,1-3H3,(H,18,20). The Labute approximate surface area is 136 Å². The topological polar surface area (TPSA) is 82.5 Å². The molecule has 0 bridgehead atoms. The number of benzene rings is 1. The van der Waals surface area contributed by atoms with E-state index in [1.165, 1.54) is 6.20 Å². The summed E-state index contributed by atoms with van der Waals surface area (Å²) < 4.78 is 28.0. The maximum absolute atomic E-state index is 13.2. The predicted octanol–water partition coefficient (Wildman–Crippen LogP) is 1.62. The zero-order valence-corrected chi connectivity index (χ0v) is 14.3. The Hall–Kier alpha value is -1.70. The maximum atomic E-state index is 13.2. The third-order valence-corrected chi connectivity index (χ3v) is 6.36. The van der Waals surface area contributed by atoms with Crippen LogP contribution in [0.5, 0.6) is 5.88 Å². The number of pyridine rings is 1. The number of rotatable bonds is 2. The molecule has 1 saturated heterocycles. The van der Waals surface area contributed by atoms with Gasteiger partial charge in [-0.1, -0.05) is 6.07 Å². The lowest BCUT2D eigenvalue weighted by Gasteiger charge is -2.36. The van der Waals surface area contributed by atoms with Gasteiger partial charge in [0, 0.05) is 42.1 Å². The van der Waals surface area contributed by atoms with Crippen LogP contribution >= 0.6 is 0 Å². The minimum absolute atomic E-state index is 0.104. The van der Waals surface area contributed by atoms with E-state index in [4.69, 9.17) is 0 Å². The van der Waals surface area contributed by atoms with E-state index in [9.17, 15) is 13.5 Å². The number of aromatic hydroxyl groups is 1. The largest absolute Gasteiger partial charge is 0.493 e. The average Bonchev–Trinajstić information content (AvgIpc) is 2.52. The van der Waals surface area contributed by atoms with E-state index in [-0.39, 0.29) is 22.9 Å². The molecule has 1 aromatic carbocycles. The van der Waals surface area contributed by atoms with Gasteiger partial charge in [0.1, 0.15) is 0 Å². The average molecular weight is 335 g/mol. The number of piperazine rings is 1. The number of hydrogen-bond donors (Lipinski definition) is 2. The summed E-state index contributed by atoms with van der Waals surface area (Å²) in [5.41, 5.74) is 0.729. The molecule has 1 aliphatic heterocycles. The molecule has 2 atom stereocenters. The first kappa shape index (κ1) is 16.2. The number of hydrogen-bond acceptors (Lipinski definition) is 5. The summed E-state index contributed by atoms with van der Waals surface area (Å²) in [5, 5.41) is 14.2. The van der Waals surface area contributed by atoms with Crippen LogP contribution in [-0.2, 0) is 10.0 Å². The van der Waals surface area contributed by atoms with Crippen molar-refractivity contribution in [3.8, 4) is 5.88 Å². The van der Waals surface area contributed by atoms with Crippen molar-refractivity contribution in [3.05, 3.63) is 30.0 Å². The predicted molar refractivity (Wildman–Crippen MR) is 89.0 cm³/mol. The van der Waals surface area contributed by atoms with E-state index in [2.05, 4.69) is 10.3 Å². The second-order valence-corrected chi connectivity index (χ2v) is 8.04. The molecule has 2 unspecified atom stereocenters. The monoisotopic (exact) mass is 335 g/mol. The molecule has 2 N–H and O–H groups in total. The van der Waals surface area contributed by atoms with Gasteiger partial charge >= 0.3 is 0 Å². The molecule has 1 fully saturated rings. The summed E-state index contributed by atoms with van der Waals surface area (Å²) in [6.45, 7) is 6.72. The molecule has 0 spiro atoms. The van der Waals surface area contributed by atoms with E-state index in [0.717, 1.165) is 5.56 Å². The number of aryl methyl sites for hydroxylation is 1. The molecule has 1 aliphatic rings. The van der Waals surface area contributed by atoms with Gasteiger partial charge in [0.05, 0.1) is 4.90 Å². The van der Waals surface area contributed by atoms with Crippen LogP contribution in [0.4, 0.5) is 0 Å². The van der Waals surface area contributed by atoms with Gasteiger partial charge in [0.15, 0.2) is 0 Å². The van der Waals surface area contributed by atoms with Crippen molar-refractivity contribution in [3.63, 3.8) is 0 Å². The Bertz CT molecular complexity index is 851. The molecule has 3 rings (SSSR count). The highest BCUT2D eigenvalue weighted by atomic mass is 32.2. The molecular weight excluding hydrogens is 314 g/mol. The smallest absolute Gasteiger partial charge is 0.244 e. The second-order valence-electron chi connectivity index (χ2n) is 6.18. The molecule has 6 nitrogen and oxygen atoms in total. The third kappa shape index (κ3) is 2.69. The summed E-state index contributed by atoms with van der Waals surface area (Å²) in [4.78, 5) is 4.13. The van der Waals surface area contributed by atoms with Crippen molar-refractivity contribution in [2.75, 3.05) is 13.1 Å². The van der Waals surface area contributed by atoms with Crippen molar-refractivity contribution < 1.29 is 13.5 Å². The molecule has 2 heterocycles. The molecule has 124 valence electrons. The van der Waals surface area contributed by atoms with Crippen LogP contribution in [0.2, 0.25) is 0 Å². The van der Waals surface area contributed by atoms with Crippen LogP contribution in [0, 0.1) is 6.92 Å². The van der Waals surface area contributed by atoms with Crippen LogP contribution in [0.25, 0.3) is 10.8 Å². The fourth-order valence-corrected chi connectivity index (χ4v) is 5.08. The summed E-state index contributed by atoms with van der Waals surface area (Å²) in [6.07, 6.45) is 1.50. The normalized spacial score (nSPS) is 23.3. The Morgan fingerprint density at radius 2 is 2.09 bits per heavy atom. The van der Waals surface area contributed by atoms with Crippen LogP contribution in [0.3, 0.4) is 0 Å². The van der Waals surface area contributed by atoms with Gasteiger partial charge in [0.25, 0.3) is 0 Å². The Morgan fingerprint density at radius 1 is 1.35 bits per heavy atom. The highest BCUT2D eigenvalue weighted by molar-refractivity contribution is 7.89. The molecule has 23 heavy (non-hydrogen) atoms. The van der Waals surface area contributed by atoms with Crippen LogP contribution in [0.15, 0.2) is 29.3 Å².